The van der Waals surface area contributed by atoms with E-state index in [2.05, 4.69) is 0 Å². The average molecular weight is 224 g/mol. The van der Waals surface area contributed by atoms with Gasteiger partial charge in [-0.05, 0) is 12.8 Å². The van der Waals surface area contributed by atoms with Gasteiger partial charge in [-0.25, -0.2) is 0 Å². The van der Waals surface area contributed by atoms with E-state index in [0.29, 0.717) is 26.1 Å². The first-order valence-corrected chi connectivity index (χ1v) is 5.97. The van der Waals surface area contributed by atoms with E-state index in [4.69, 9.17) is 9.47 Å². The van der Waals surface area contributed by atoms with Crippen molar-refractivity contribution >= 4 is 11.9 Å². The molecule has 2 heterocycles. The fraction of sp³-hybridized carbons (Fsp3) is 0.833. The molecule has 0 bridgehead atoms. The van der Waals surface area contributed by atoms with Crippen molar-refractivity contribution in [2.45, 2.75) is 38.5 Å². The Balaban J connectivity index is 2.00. The van der Waals surface area contributed by atoms with E-state index >= 15 is 0 Å². The van der Waals surface area contributed by atoms with Gasteiger partial charge >= 0.3 is 11.9 Å². The van der Waals surface area contributed by atoms with Gasteiger partial charge in [0, 0.05) is 10.8 Å². The minimum absolute atomic E-state index is 0.0763. The molecule has 0 amide bonds. The van der Waals surface area contributed by atoms with Crippen molar-refractivity contribution < 1.29 is 19.1 Å². The topological polar surface area (TPSA) is 52.6 Å². The first-order chi connectivity index (χ1) is 7.66. The summed E-state index contributed by atoms with van der Waals surface area (Å²) < 4.78 is 10.4. The van der Waals surface area contributed by atoms with Gasteiger partial charge in [0.1, 0.15) is 13.2 Å². The molecule has 0 aromatic rings. The predicted octanol–water partition coefficient (Wildman–Crippen LogP) is 1.43. The molecule has 2 aliphatic heterocycles. The standard InChI is InChI=1S/C12H16O4/c13-9-5-11-3-1-2-4-12(11,7-15-9)8-16-10(14)6-11/h1-8H2. The molecule has 0 atom stereocenters. The SMILES string of the molecule is O=C1CC23CCCCC2(CO1)COC(=O)C3. The van der Waals surface area contributed by atoms with Gasteiger partial charge < -0.3 is 9.47 Å². The lowest BCUT2D eigenvalue weighted by Gasteiger charge is -2.56. The Kier molecular flexibility index (Phi) is 2.03. The molecule has 2 saturated heterocycles. The third-order valence-corrected chi connectivity index (χ3v) is 4.67. The van der Waals surface area contributed by atoms with Gasteiger partial charge in [-0.15, -0.1) is 0 Å². The predicted molar refractivity (Wildman–Crippen MR) is 54.5 cm³/mol. The summed E-state index contributed by atoms with van der Waals surface area (Å²) in [5.41, 5.74) is -0.233. The molecule has 0 spiro atoms. The van der Waals surface area contributed by atoms with Crippen LogP contribution in [0.15, 0.2) is 0 Å². The highest BCUT2D eigenvalue weighted by Crippen LogP contribution is 2.59. The zero-order valence-corrected chi connectivity index (χ0v) is 9.29. The summed E-state index contributed by atoms with van der Waals surface area (Å²) in [5, 5.41) is 0. The largest absolute Gasteiger partial charge is 0.465 e. The van der Waals surface area contributed by atoms with Crippen LogP contribution >= 0.6 is 0 Å². The smallest absolute Gasteiger partial charge is 0.306 e. The first kappa shape index (κ1) is 10.1. The van der Waals surface area contributed by atoms with Crippen LogP contribution in [0.2, 0.25) is 0 Å². The number of carbonyl (C=O) groups is 2. The third-order valence-electron chi connectivity index (χ3n) is 4.67. The van der Waals surface area contributed by atoms with Crippen molar-refractivity contribution in [3.8, 4) is 0 Å². The van der Waals surface area contributed by atoms with Crippen LogP contribution in [0, 0.1) is 10.8 Å². The molecule has 0 N–H and O–H groups in total. The van der Waals surface area contributed by atoms with Gasteiger partial charge in [0.25, 0.3) is 0 Å². The Morgan fingerprint density at radius 2 is 1.31 bits per heavy atom. The molecule has 4 heteroatoms. The first-order valence-electron chi connectivity index (χ1n) is 5.97. The van der Waals surface area contributed by atoms with Gasteiger partial charge in [0.2, 0.25) is 0 Å². The summed E-state index contributed by atoms with van der Waals surface area (Å²) in [6.07, 6.45) is 5.06. The van der Waals surface area contributed by atoms with E-state index < -0.39 is 0 Å². The van der Waals surface area contributed by atoms with Gasteiger partial charge in [0.05, 0.1) is 12.8 Å². The molecule has 0 unspecified atom stereocenters. The lowest BCUT2D eigenvalue weighted by atomic mass is 9.52. The molecular weight excluding hydrogens is 208 g/mol. The maximum Gasteiger partial charge on any atom is 0.306 e. The highest BCUT2D eigenvalue weighted by atomic mass is 16.6. The Hall–Kier alpha value is -1.06. The molecule has 0 aromatic carbocycles. The van der Waals surface area contributed by atoms with E-state index in [1.165, 1.54) is 0 Å². The summed E-state index contributed by atoms with van der Waals surface area (Å²) in [7, 11) is 0. The lowest BCUT2D eigenvalue weighted by Crippen LogP contribution is -2.59. The van der Waals surface area contributed by atoms with Crippen LogP contribution in [0.25, 0.3) is 0 Å². The fourth-order valence-corrected chi connectivity index (χ4v) is 3.66. The Morgan fingerprint density at radius 1 is 0.812 bits per heavy atom. The molecule has 3 rings (SSSR count). The van der Waals surface area contributed by atoms with Gasteiger partial charge in [-0.3, -0.25) is 9.59 Å². The van der Waals surface area contributed by atoms with Gasteiger partial charge in [-0.1, -0.05) is 12.8 Å². The molecule has 16 heavy (non-hydrogen) atoms. The highest BCUT2D eigenvalue weighted by Gasteiger charge is 2.60. The molecule has 3 fully saturated rings. The zero-order chi connectivity index (χ0) is 11.2. The van der Waals surface area contributed by atoms with Crippen LogP contribution in [0.1, 0.15) is 38.5 Å². The molecular formula is C12H16O4. The Bertz CT molecular complexity index is 325. The van der Waals surface area contributed by atoms with E-state index in [1.807, 2.05) is 0 Å². The van der Waals surface area contributed by atoms with E-state index in [0.717, 1.165) is 25.7 Å². The maximum atomic E-state index is 11.5. The summed E-state index contributed by atoms with van der Waals surface area (Å²) in [5.74, 6) is -0.292. The Morgan fingerprint density at radius 3 is 1.88 bits per heavy atom. The second-order valence-electron chi connectivity index (χ2n) is 5.44. The summed E-state index contributed by atoms with van der Waals surface area (Å²) in [6.45, 7) is 0.887. The number of carbonyl (C=O) groups excluding carboxylic acids is 2. The molecule has 3 aliphatic rings. The van der Waals surface area contributed by atoms with Gasteiger partial charge in [-0.2, -0.15) is 0 Å². The molecule has 1 aliphatic carbocycles. The van der Waals surface area contributed by atoms with Crippen LogP contribution in [0.3, 0.4) is 0 Å². The van der Waals surface area contributed by atoms with Crippen LogP contribution in [0.5, 0.6) is 0 Å². The number of ether oxygens (including phenoxy) is 2. The normalized spacial score (nSPS) is 42.8. The van der Waals surface area contributed by atoms with Crippen molar-refractivity contribution in [3.05, 3.63) is 0 Å². The molecule has 4 nitrogen and oxygen atoms in total. The van der Waals surface area contributed by atoms with E-state index in [-0.39, 0.29) is 22.8 Å². The van der Waals surface area contributed by atoms with Crippen LogP contribution in [0.4, 0.5) is 0 Å². The molecule has 88 valence electrons. The number of esters is 2. The zero-order valence-electron chi connectivity index (χ0n) is 9.29. The summed E-state index contributed by atoms with van der Waals surface area (Å²) in [6, 6.07) is 0. The van der Waals surface area contributed by atoms with Crippen LogP contribution < -0.4 is 0 Å². The van der Waals surface area contributed by atoms with Crippen LogP contribution in [-0.4, -0.2) is 25.2 Å². The minimum atomic E-state index is -0.157. The quantitative estimate of drug-likeness (QED) is 0.584. The minimum Gasteiger partial charge on any atom is -0.465 e. The number of rotatable bonds is 0. The second kappa shape index (κ2) is 3.22. The second-order valence-corrected chi connectivity index (χ2v) is 5.44. The molecule has 1 saturated carbocycles. The van der Waals surface area contributed by atoms with Crippen molar-refractivity contribution in [2.75, 3.05) is 13.2 Å². The number of hydrogen-bond acceptors (Lipinski definition) is 4. The van der Waals surface area contributed by atoms with E-state index in [1.54, 1.807) is 0 Å². The monoisotopic (exact) mass is 224 g/mol. The van der Waals surface area contributed by atoms with E-state index in [9.17, 15) is 9.59 Å². The van der Waals surface area contributed by atoms with Gasteiger partial charge in [0.15, 0.2) is 0 Å². The fourth-order valence-electron chi connectivity index (χ4n) is 3.66. The van der Waals surface area contributed by atoms with Crippen molar-refractivity contribution in [2.24, 2.45) is 10.8 Å². The summed E-state index contributed by atoms with van der Waals surface area (Å²) in [4.78, 5) is 23.0. The lowest BCUT2D eigenvalue weighted by molar-refractivity contribution is -0.212. The number of hydrogen-bond donors (Lipinski definition) is 0. The Labute approximate surface area is 94.3 Å². The third kappa shape index (κ3) is 1.22. The molecule has 0 radical (unpaired) electrons. The highest BCUT2D eigenvalue weighted by molar-refractivity contribution is 5.76. The van der Waals surface area contributed by atoms with Crippen molar-refractivity contribution in [1.29, 1.82) is 0 Å². The van der Waals surface area contributed by atoms with Crippen molar-refractivity contribution in [3.63, 3.8) is 0 Å². The van der Waals surface area contributed by atoms with Crippen molar-refractivity contribution in [1.82, 2.24) is 0 Å². The average Bonchev–Trinajstić information content (AvgIpc) is 2.27. The molecule has 0 aromatic heterocycles. The maximum absolute atomic E-state index is 11.5. The summed E-state index contributed by atoms with van der Waals surface area (Å²) >= 11 is 0. The van der Waals surface area contributed by atoms with Crippen LogP contribution in [-0.2, 0) is 19.1 Å². The number of cyclic esters (lactones) is 2.